The van der Waals surface area contributed by atoms with Crippen molar-refractivity contribution in [1.82, 2.24) is 10.2 Å². The third-order valence-corrected chi connectivity index (χ3v) is 7.65. The van der Waals surface area contributed by atoms with E-state index >= 15 is 0 Å². The van der Waals surface area contributed by atoms with Crippen LogP contribution in [0.2, 0.25) is 0 Å². The topological polar surface area (TPSA) is 67.9 Å². The summed E-state index contributed by atoms with van der Waals surface area (Å²) in [4.78, 5) is 28.0. The Morgan fingerprint density at radius 1 is 1.06 bits per heavy atom. The summed E-state index contributed by atoms with van der Waals surface area (Å²) in [5, 5.41) is 3.15. The molecule has 184 valence electrons. The SMILES string of the molecule is COc1ccc(CN(C(=O)COc2cc(C)c(Br)c(C)c2)C(C)C(=O)NC2CCCCC2)cc1. The Kier molecular flexibility index (Phi) is 9.39. The highest BCUT2D eigenvalue weighted by Crippen LogP contribution is 2.26. The summed E-state index contributed by atoms with van der Waals surface area (Å²) >= 11 is 3.56. The summed E-state index contributed by atoms with van der Waals surface area (Å²) in [5.74, 6) is 1.02. The molecule has 3 rings (SSSR count). The fourth-order valence-corrected chi connectivity index (χ4v) is 4.53. The number of halogens is 1. The van der Waals surface area contributed by atoms with Gasteiger partial charge < -0.3 is 19.7 Å². The highest BCUT2D eigenvalue weighted by molar-refractivity contribution is 9.10. The molecule has 34 heavy (non-hydrogen) atoms. The number of benzene rings is 2. The minimum absolute atomic E-state index is 0.121. The van der Waals surface area contributed by atoms with Gasteiger partial charge >= 0.3 is 0 Å². The predicted octanol–water partition coefficient (Wildman–Crippen LogP) is 5.32. The van der Waals surface area contributed by atoms with Crippen molar-refractivity contribution in [3.63, 3.8) is 0 Å². The van der Waals surface area contributed by atoms with Gasteiger partial charge in [0, 0.05) is 17.1 Å². The Hall–Kier alpha value is -2.54. The maximum absolute atomic E-state index is 13.3. The van der Waals surface area contributed by atoms with Crippen molar-refractivity contribution >= 4 is 27.7 Å². The summed E-state index contributed by atoms with van der Waals surface area (Å²) in [6.45, 7) is 5.92. The minimum Gasteiger partial charge on any atom is -0.497 e. The summed E-state index contributed by atoms with van der Waals surface area (Å²) in [5.41, 5.74) is 3.00. The number of carbonyl (C=O) groups excluding carboxylic acids is 2. The van der Waals surface area contributed by atoms with Crippen LogP contribution in [0.4, 0.5) is 0 Å². The van der Waals surface area contributed by atoms with Crippen LogP contribution in [0.1, 0.15) is 55.7 Å². The predicted molar refractivity (Wildman–Crippen MR) is 137 cm³/mol. The molecule has 1 aliphatic carbocycles. The van der Waals surface area contributed by atoms with Gasteiger partial charge in [0.25, 0.3) is 5.91 Å². The monoisotopic (exact) mass is 530 g/mol. The van der Waals surface area contributed by atoms with Crippen molar-refractivity contribution in [2.75, 3.05) is 13.7 Å². The summed E-state index contributed by atoms with van der Waals surface area (Å²) < 4.78 is 12.1. The zero-order valence-corrected chi connectivity index (χ0v) is 22.1. The van der Waals surface area contributed by atoms with Crippen molar-refractivity contribution in [2.24, 2.45) is 0 Å². The van der Waals surface area contributed by atoms with Crippen LogP contribution < -0.4 is 14.8 Å². The number of carbonyl (C=O) groups is 2. The van der Waals surface area contributed by atoms with Crippen LogP contribution in [0, 0.1) is 13.8 Å². The van der Waals surface area contributed by atoms with Crippen molar-refractivity contribution in [1.29, 1.82) is 0 Å². The maximum atomic E-state index is 13.3. The molecule has 1 saturated carbocycles. The first kappa shape index (κ1) is 26.1. The zero-order valence-electron chi connectivity index (χ0n) is 20.5. The number of nitrogens with one attached hydrogen (secondary N) is 1. The molecule has 0 spiro atoms. The van der Waals surface area contributed by atoms with E-state index in [4.69, 9.17) is 9.47 Å². The molecule has 2 aromatic rings. The van der Waals surface area contributed by atoms with Crippen LogP contribution in [0.5, 0.6) is 11.5 Å². The van der Waals surface area contributed by atoms with Crippen molar-refractivity contribution < 1.29 is 19.1 Å². The molecule has 1 N–H and O–H groups in total. The highest BCUT2D eigenvalue weighted by atomic mass is 79.9. The first-order valence-electron chi connectivity index (χ1n) is 11.9. The summed E-state index contributed by atoms with van der Waals surface area (Å²) in [6, 6.07) is 10.9. The van der Waals surface area contributed by atoms with E-state index in [1.165, 1.54) is 6.42 Å². The first-order valence-corrected chi connectivity index (χ1v) is 12.7. The minimum atomic E-state index is -0.617. The van der Waals surface area contributed by atoms with Gasteiger partial charge in [0.2, 0.25) is 5.91 Å². The Morgan fingerprint density at radius 2 is 1.68 bits per heavy atom. The lowest BCUT2D eigenvalue weighted by atomic mass is 9.95. The number of amides is 2. The number of methoxy groups -OCH3 is 1. The lowest BCUT2D eigenvalue weighted by Gasteiger charge is -2.31. The van der Waals surface area contributed by atoms with Crippen molar-refractivity contribution in [3.8, 4) is 11.5 Å². The number of nitrogens with zero attached hydrogens (tertiary/aromatic N) is 1. The zero-order chi connectivity index (χ0) is 24.7. The van der Waals surface area contributed by atoms with Crippen LogP contribution in [0.25, 0.3) is 0 Å². The molecular weight excluding hydrogens is 496 g/mol. The van der Waals surface area contributed by atoms with Crippen molar-refractivity contribution in [3.05, 3.63) is 57.6 Å². The van der Waals surface area contributed by atoms with Gasteiger partial charge in [-0.25, -0.2) is 0 Å². The quantitative estimate of drug-likeness (QED) is 0.476. The Bertz CT molecular complexity index is 964. The molecular formula is C27H35BrN2O4. The molecule has 0 saturated heterocycles. The van der Waals surface area contributed by atoms with Crippen LogP contribution in [-0.4, -0.2) is 42.5 Å². The van der Waals surface area contributed by atoms with Gasteiger partial charge in [-0.3, -0.25) is 9.59 Å². The molecule has 2 amide bonds. The van der Waals surface area contributed by atoms with E-state index in [2.05, 4.69) is 21.2 Å². The van der Waals surface area contributed by atoms with Crippen molar-refractivity contribution in [2.45, 2.75) is 71.5 Å². The number of hydrogen-bond acceptors (Lipinski definition) is 4. The molecule has 0 aliphatic heterocycles. The standard InChI is InChI=1S/C27H35BrN2O4/c1-18-14-24(15-19(2)26(18)28)34-17-25(31)30(16-21-10-12-23(33-4)13-11-21)20(3)27(32)29-22-8-6-5-7-9-22/h10-15,20,22H,5-9,16-17H2,1-4H3,(H,29,32). The van der Waals surface area contributed by atoms with Gasteiger partial charge in [0.15, 0.2) is 6.61 Å². The molecule has 7 heteroatoms. The van der Waals surface area contributed by atoms with Gasteiger partial charge in [-0.2, -0.15) is 0 Å². The van der Waals surface area contributed by atoms with E-state index in [1.54, 1.807) is 18.9 Å². The van der Waals surface area contributed by atoms with E-state index in [9.17, 15) is 9.59 Å². The van der Waals surface area contributed by atoms with E-state index in [0.717, 1.165) is 52.6 Å². The van der Waals surface area contributed by atoms with E-state index in [1.807, 2.05) is 50.2 Å². The molecule has 0 bridgehead atoms. The summed E-state index contributed by atoms with van der Waals surface area (Å²) in [6.07, 6.45) is 5.48. The maximum Gasteiger partial charge on any atom is 0.261 e. The van der Waals surface area contributed by atoms with E-state index in [-0.39, 0.29) is 24.5 Å². The molecule has 6 nitrogen and oxygen atoms in total. The molecule has 1 atom stereocenters. The normalized spacial score (nSPS) is 14.9. The van der Waals surface area contributed by atoms with Gasteiger partial charge in [-0.05, 0) is 74.6 Å². The second kappa shape index (κ2) is 12.2. The second-order valence-electron chi connectivity index (χ2n) is 9.05. The number of hydrogen-bond donors (Lipinski definition) is 1. The fraction of sp³-hybridized carbons (Fsp3) is 0.481. The average molecular weight is 531 g/mol. The van der Waals surface area contributed by atoms with Gasteiger partial charge in [0.05, 0.1) is 7.11 Å². The third kappa shape index (κ3) is 6.98. The third-order valence-electron chi connectivity index (χ3n) is 6.40. The Labute approximate surface area is 211 Å². The van der Waals surface area contributed by atoms with Gasteiger partial charge in [0.1, 0.15) is 17.5 Å². The molecule has 1 fully saturated rings. The average Bonchev–Trinajstić information content (AvgIpc) is 2.84. The van der Waals surface area contributed by atoms with Crippen LogP contribution in [0.15, 0.2) is 40.9 Å². The first-order chi connectivity index (χ1) is 16.3. The highest BCUT2D eigenvalue weighted by Gasteiger charge is 2.28. The van der Waals surface area contributed by atoms with Gasteiger partial charge in [-0.15, -0.1) is 0 Å². The second-order valence-corrected chi connectivity index (χ2v) is 9.84. The Balaban J connectivity index is 1.73. The van der Waals surface area contributed by atoms with Crippen LogP contribution in [0.3, 0.4) is 0 Å². The fourth-order valence-electron chi connectivity index (χ4n) is 4.30. The van der Waals surface area contributed by atoms with E-state index < -0.39 is 6.04 Å². The summed E-state index contributed by atoms with van der Waals surface area (Å²) in [7, 11) is 1.62. The molecule has 0 heterocycles. The largest absolute Gasteiger partial charge is 0.497 e. The Morgan fingerprint density at radius 3 is 2.26 bits per heavy atom. The molecule has 2 aromatic carbocycles. The lowest BCUT2D eigenvalue weighted by Crippen LogP contribution is -2.51. The van der Waals surface area contributed by atoms with Crippen LogP contribution in [-0.2, 0) is 16.1 Å². The molecule has 1 unspecified atom stereocenters. The number of aryl methyl sites for hydroxylation is 2. The smallest absolute Gasteiger partial charge is 0.261 e. The lowest BCUT2D eigenvalue weighted by molar-refractivity contribution is -0.142. The molecule has 0 radical (unpaired) electrons. The van der Waals surface area contributed by atoms with Crippen LogP contribution >= 0.6 is 15.9 Å². The number of rotatable bonds is 9. The number of ether oxygens (including phenoxy) is 2. The molecule has 1 aliphatic rings. The molecule has 0 aromatic heterocycles. The van der Waals surface area contributed by atoms with E-state index in [0.29, 0.717) is 12.3 Å². The van der Waals surface area contributed by atoms with Gasteiger partial charge in [-0.1, -0.05) is 47.3 Å².